The Balaban J connectivity index is 1.82. The number of aromatic nitrogens is 1. The number of carbonyl (C=O) groups is 2. The lowest BCUT2D eigenvalue weighted by Crippen LogP contribution is -2.29. The SMILES string of the molecule is COC(=O)c1sc(N2C(=O)c3oc4ccccc4c(=O)c3[C@@H]2c2cc(OC)c(OC)c(OC)c2)nc1C. The van der Waals surface area contributed by atoms with Crippen LogP contribution >= 0.6 is 11.3 Å². The standard InChI is InChI=1S/C26H22N2O8S/c1-12-23(25(31)35-5)37-26(27-12)28-19(13-10-16(32-2)21(34-4)17(11-13)33-3)18-20(29)14-8-6-7-9-15(14)36-22(18)24(28)30/h6-11,19H,1-5H3/t19-/m0/s1. The second kappa shape index (κ2) is 9.25. The minimum Gasteiger partial charge on any atom is -0.493 e. The Kier molecular flexibility index (Phi) is 6.08. The number of hydrogen-bond donors (Lipinski definition) is 0. The summed E-state index contributed by atoms with van der Waals surface area (Å²) in [6.07, 6.45) is 0. The van der Waals surface area contributed by atoms with Crippen LogP contribution in [0.5, 0.6) is 17.2 Å². The molecule has 1 atom stereocenters. The summed E-state index contributed by atoms with van der Waals surface area (Å²) >= 11 is 0.988. The van der Waals surface area contributed by atoms with Crippen LogP contribution in [0.1, 0.15) is 43.1 Å². The fraction of sp³-hybridized carbons (Fsp3) is 0.231. The number of rotatable bonds is 6. The average Bonchev–Trinajstić information content (AvgIpc) is 3.44. The van der Waals surface area contributed by atoms with Gasteiger partial charge < -0.3 is 23.4 Å². The molecule has 0 bridgehead atoms. The second-order valence-electron chi connectivity index (χ2n) is 8.11. The number of carbonyl (C=O) groups excluding carboxylic acids is 2. The summed E-state index contributed by atoms with van der Waals surface area (Å²) in [5.41, 5.74) is 0.967. The molecule has 2 aromatic carbocycles. The van der Waals surface area contributed by atoms with Gasteiger partial charge >= 0.3 is 5.97 Å². The van der Waals surface area contributed by atoms with E-state index < -0.39 is 17.9 Å². The van der Waals surface area contributed by atoms with Crippen molar-refractivity contribution in [2.75, 3.05) is 33.3 Å². The zero-order valence-corrected chi connectivity index (χ0v) is 21.4. The molecule has 5 rings (SSSR count). The maximum atomic E-state index is 13.8. The first-order valence-electron chi connectivity index (χ1n) is 11.1. The molecule has 4 aromatic rings. The molecule has 0 radical (unpaired) electrons. The van der Waals surface area contributed by atoms with Crippen LogP contribution in [0.25, 0.3) is 11.0 Å². The Hall–Kier alpha value is -4.38. The lowest BCUT2D eigenvalue weighted by molar-refractivity contribution is 0.0605. The van der Waals surface area contributed by atoms with Crippen LogP contribution in [0, 0.1) is 6.92 Å². The number of methoxy groups -OCH3 is 4. The van der Waals surface area contributed by atoms with Gasteiger partial charge in [0.05, 0.1) is 51.1 Å². The number of benzene rings is 2. The number of fused-ring (bicyclic) bond motifs is 2. The fourth-order valence-electron chi connectivity index (χ4n) is 4.46. The summed E-state index contributed by atoms with van der Waals surface area (Å²) in [6.45, 7) is 1.64. The number of aryl methyl sites for hydroxylation is 1. The second-order valence-corrected chi connectivity index (χ2v) is 9.09. The molecule has 1 amide bonds. The minimum atomic E-state index is -0.951. The minimum absolute atomic E-state index is 0.102. The predicted octanol–water partition coefficient (Wildman–Crippen LogP) is 4.12. The first-order chi connectivity index (χ1) is 17.8. The Morgan fingerprint density at radius 2 is 1.70 bits per heavy atom. The molecule has 1 aliphatic rings. The van der Waals surface area contributed by atoms with E-state index in [1.54, 1.807) is 43.3 Å². The number of amides is 1. The number of anilines is 1. The topological polar surface area (TPSA) is 117 Å². The zero-order valence-electron chi connectivity index (χ0n) is 20.6. The molecule has 0 spiro atoms. The van der Waals surface area contributed by atoms with Crippen LogP contribution in [-0.2, 0) is 4.74 Å². The van der Waals surface area contributed by atoms with Gasteiger partial charge in [-0.25, -0.2) is 9.78 Å². The summed E-state index contributed by atoms with van der Waals surface area (Å²) in [5.74, 6) is -0.207. The van der Waals surface area contributed by atoms with Gasteiger partial charge in [0.2, 0.25) is 11.5 Å². The number of ether oxygens (including phenoxy) is 4. The molecule has 1 aliphatic heterocycles. The van der Waals surface area contributed by atoms with E-state index in [9.17, 15) is 14.4 Å². The normalized spacial score (nSPS) is 14.6. The van der Waals surface area contributed by atoms with Crippen LogP contribution in [0.4, 0.5) is 5.13 Å². The van der Waals surface area contributed by atoms with Gasteiger partial charge in [-0.1, -0.05) is 23.5 Å². The summed E-state index contributed by atoms with van der Waals surface area (Å²) < 4.78 is 27.3. The third-order valence-corrected chi connectivity index (χ3v) is 7.28. The van der Waals surface area contributed by atoms with Gasteiger partial charge in [-0.15, -0.1) is 0 Å². The lowest BCUT2D eigenvalue weighted by Gasteiger charge is -2.24. The zero-order chi connectivity index (χ0) is 26.4. The number of hydrogen-bond acceptors (Lipinski definition) is 10. The molecule has 0 unspecified atom stereocenters. The summed E-state index contributed by atoms with van der Waals surface area (Å²) in [7, 11) is 5.70. The van der Waals surface area contributed by atoms with Crippen LogP contribution in [0.3, 0.4) is 0 Å². The molecule has 2 aromatic heterocycles. The molecular formula is C26H22N2O8S. The third-order valence-electron chi connectivity index (χ3n) is 6.14. The van der Waals surface area contributed by atoms with Crippen molar-refractivity contribution in [1.29, 1.82) is 0 Å². The molecule has 0 fully saturated rings. The van der Waals surface area contributed by atoms with Crippen LogP contribution in [0.2, 0.25) is 0 Å². The van der Waals surface area contributed by atoms with E-state index in [0.717, 1.165) is 11.3 Å². The molecular weight excluding hydrogens is 500 g/mol. The maximum absolute atomic E-state index is 13.8. The average molecular weight is 523 g/mol. The van der Waals surface area contributed by atoms with Crippen molar-refractivity contribution in [2.45, 2.75) is 13.0 Å². The number of thiazole rings is 1. The first-order valence-corrected chi connectivity index (χ1v) is 11.9. The van der Waals surface area contributed by atoms with Gasteiger partial charge in [0, 0.05) is 0 Å². The Bertz CT molecular complexity index is 1600. The Labute approximate surface area is 215 Å². The van der Waals surface area contributed by atoms with Gasteiger partial charge in [-0.05, 0) is 36.8 Å². The Morgan fingerprint density at radius 1 is 1.03 bits per heavy atom. The molecule has 3 heterocycles. The third kappa shape index (κ3) is 3.70. The van der Waals surface area contributed by atoms with Gasteiger partial charge in [0.15, 0.2) is 22.1 Å². The van der Waals surface area contributed by atoms with Crippen molar-refractivity contribution in [3.05, 3.63) is 74.1 Å². The smallest absolute Gasteiger partial charge is 0.350 e. The highest BCUT2D eigenvalue weighted by Crippen LogP contribution is 2.47. The molecule has 11 heteroatoms. The predicted molar refractivity (Wildman–Crippen MR) is 135 cm³/mol. The number of nitrogens with zero attached hydrogens (tertiary/aromatic N) is 2. The fourth-order valence-corrected chi connectivity index (χ4v) is 5.47. The highest BCUT2D eigenvalue weighted by Gasteiger charge is 2.46. The highest BCUT2D eigenvalue weighted by molar-refractivity contribution is 7.17. The molecule has 0 aliphatic carbocycles. The van der Waals surface area contributed by atoms with Crippen LogP contribution in [0.15, 0.2) is 45.6 Å². The van der Waals surface area contributed by atoms with E-state index >= 15 is 0 Å². The molecule has 0 N–H and O–H groups in total. The van der Waals surface area contributed by atoms with Crippen molar-refractivity contribution in [2.24, 2.45) is 0 Å². The van der Waals surface area contributed by atoms with Crippen molar-refractivity contribution >= 4 is 39.3 Å². The van der Waals surface area contributed by atoms with Crippen molar-refractivity contribution in [3.8, 4) is 17.2 Å². The van der Waals surface area contributed by atoms with Gasteiger partial charge in [0.25, 0.3) is 5.91 Å². The van der Waals surface area contributed by atoms with Crippen LogP contribution < -0.4 is 24.5 Å². The monoisotopic (exact) mass is 522 g/mol. The summed E-state index contributed by atoms with van der Waals surface area (Å²) in [4.78, 5) is 46.0. The van der Waals surface area contributed by atoms with E-state index in [0.29, 0.717) is 33.9 Å². The van der Waals surface area contributed by atoms with Crippen LogP contribution in [-0.4, -0.2) is 45.3 Å². The molecule has 10 nitrogen and oxygen atoms in total. The molecule has 0 saturated heterocycles. The summed E-state index contributed by atoms with van der Waals surface area (Å²) in [5, 5.41) is 0.537. The van der Waals surface area contributed by atoms with Gasteiger partial charge in [-0.2, -0.15) is 0 Å². The van der Waals surface area contributed by atoms with E-state index in [2.05, 4.69) is 4.98 Å². The molecule has 0 saturated carbocycles. The van der Waals surface area contributed by atoms with Gasteiger partial charge in [-0.3, -0.25) is 14.5 Å². The van der Waals surface area contributed by atoms with Crippen molar-refractivity contribution in [3.63, 3.8) is 0 Å². The van der Waals surface area contributed by atoms with E-state index in [4.69, 9.17) is 23.4 Å². The number of esters is 1. The quantitative estimate of drug-likeness (QED) is 0.345. The van der Waals surface area contributed by atoms with Crippen molar-refractivity contribution in [1.82, 2.24) is 4.98 Å². The van der Waals surface area contributed by atoms with E-state index in [1.807, 2.05) is 0 Å². The summed E-state index contributed by atoms with van der Waals surface area (Å²) in [6, 6.07) is 9.09. The molecule has 190 valence electrons. The van der Waals surface area contributed by atoms with Gasteiger partial charge in [0.1, 0.15) is 10.5 Å². The number of para-hydroxylation sites is 1. The molecule has 37 heavy (non-hydrogen) atoms. The Morgan fingerprint density at radius 3 is 2.32 bits per heavy atom. The largest absolute Gasteiger partial charge is 0.493 e. The lowest BCUT2D eigenvalue weighted by atomic mass is 9.98. The van der Waals surface area contributed by atoms with Crippen molar-refractivity contribution < 1.29 is 33.0 Å². The first kappa shape index (κ1) is 24.3. The maximum Gasteiger partial charge on any atom is 0.350 e. The van der Waals surface area contributed by atoms with E-state index in [-0.39, 0.29) is 32.3 Å². The van der Waals surface area contributed by atoms with E-state index in [1.165, 1.54) is 33.3 Å². The highest BCUT2D eigenvalue weighted by atomic mass is 32.1.